The van der Waals surface area contributed by atoms with Crippen LogP contribution in [0.2, 0.25) is 0 Å². The van der Waals surface area contributed by atoms with Crippen LogP contribution in [0.5, 0.6) is 11.5 Å². The van der Waals surface area contributed by atoms with Gasteiger partial charge in [-0.2, -0.15) is 5.26 Å². The first-order valence-corrected chi connectivity index (χ1v) is 9.64. The zero-order valence-corrected chi connectivity index (χ0v) is 16.1. The lowest BCUT2D eigenvalue weighted by Gasteiger charge is -2.20. The van der Waals surface area contributed by atoms with Gasteiger partial charge in [0.25, 0.3) is 5.91 Å². The Morgan fingerprint density at radius 1 is 1.43 bits per heavy atom. The standard InChI is InChI=1S/C19H19N5O3S/c1-24-5-4-14-17(10-24)28-19(23-14)22-9-13(7-20)18(25)21-8-12-2-3-15-16(6-12)27-11-26-15/h2-3,6,9H,4-5,8,10-11H2,1H3,(H,21,25)(H,22,23)/b13-9-. The van der Waals surface area contributed by atoms with Gasteiger partial charge in [0.15, 0.2) is 16.6 Å². The average Bonchev–Trinajstić information content (AvgIpc) is 3.32. The fourth-order valence-corrected chi connectivity index (χ4v) is 4.05. The molecule has 1 aromatic carbocycles. The summed E-state index contributed by atoms with van der Waals surface area (Å²) >= 11 is 1.55. The van der Waals surface area contributed by atoms with E-state index in [0.717, 1.165) is 30.8 Å². The lowest BCUT2D eigenvalue weighted by atomic mass is 10.2. The van der Waals surface area contributed by atoms with E-state index in [2.05, 4.69) is 27.6 Å². The second-order valence-corrected chi connectivity index (χ2v) is 7.64. The summed E-state index contributed by atoms with van der Waals surface area (Å²) in [6, 6.07) is 7.39. The van der Waals surface area contributed by atoms with Crippen molar-refractivity contribution >= 4 is 22.4 Å². The molecule has 2 aliphatic rings. The van der Waals surface area contributed by atoms with Crippen molar-refractivity contribution in [1.82, 2.24) is 15.2 Å². The van der Waals surface area contributed by atoms with Gasteiger partial charge in [0.1, 0.15) is 11.6 Å². The van der Waals surface area contributed by atoms with Crippen molar-refractivity contribution in [3.05, 3.63) is 46.1 Å². The van der Waals surface area contributed by atoms with E-state index in [1.807, 2.05) is 18.2 Å². The monoisotopic (exact) mass is 397 g/mol. The first kappa shape index (κ1) is 18.3. The van der Waals surface area contributed by atoms with Crippen LogP contribution in [-0.2, 0) is 24.3 Å². The number of nitriles is 1. The number of hydrogen-bond donors (Lipinski definition) is 2. The Bertz CT molecular complexity index is 978. The molecule has 2 aliphatic heterocycles. The number of carbonyl (C=O) groups is 1. The maximum atomic E-state index is 12.3. The Labute approximate surface area is 166 Å². The Hall–Kier alpha value is -3.09. The van der Waals surface area contributed by atoms with Crippen LogP contribution in [0.15, 0.2) is 30.0 Å². The van der Waals surface area contributed by atoms with E-state index in [4.69, 9.17) is 9.47 Å². The summed E-state index contributed by atoms with van der Waals surface area (Å²) in [7, 11) is 2.08. The Morgan fingerprint density at radius 2 is 2.29 bits per heavy atom. The van der Waals surface area contributed by atoms with E-state index < -0.39 is 5.91 Å². The lowest BCUT2D eigenvalue weighted by molar-refractivity contribution is -0.117. The number of nitrogens with one attached hydrogen (secondary N) is 2. The van der Waals surface area contributed by atoms with E-state index in [0.29, 0.717) is 16.6 Å². The number of aromatic nitrogens is 1. The number of likely N-dealkylation sites (N-methyl/N-ethyl adjacent to an activating group) is 1. The van der Waals surface area contributed by atoms with E-state index in [-0.39, 0.29) is 18.9 Å². The molecule has 4 rings (SSSR count). The van der Waals surface area contributed by atoms with Crippen LogP contribution in [0.4, 0.5) is 5.13 Å². The van der Waals surface area contributed by atoms with Crippen LogP contribution in [0.3, 0.4) is 0 Å². The fraction of sp³-hybridized carbons (Fsp3) is 0.316. The summed E-state index contributed by atoms with van der Waals surface area (Å²) in [6.07, 6.45) is 2.32. The molecule has 3 heterocycles. The van der Waals surface area contributed by atoms with Crippen LogP contribution in [0.1, 0.15) is 16.1 Å². The van der Waals surface area contributed by atoms with Gasteiger partial charge < -0.3 is 25.0 Å². The average molecular weight is 397 g/mol. The molecule has 8 nitrogen and oxygen atoms in total. The van der Waals surface area contributed by atoms with Gasteiger partial charge in [0.05, 0.1) is 5.69 Å². The number of nitrogens with zero attached hydrogens (tertiary/aromatic N) is 3. The maximum Gasteiger partial charge on any atom is 0.263 e. The quantitative estimate of drug-likeness (QED) is 0.588. The zero-order valence-electron chi connectivity index (χ0n) is 15.3. The van der Waals surface area contributed by atoms with Crippen molar-refractivity contribution < 1.29 is 14.3 Å². The van der Waals surface area contributed by atoms with Gasteiger partial charge in [-0.3, -0.25) is 4.79 Å². The van der Waals surface area contributed by atoms with Gasteiger partial charge in [-0.1, -0.05) is 6.07 Å². The van der Waals surface area contributed by atoms with Crippen molar-refractivity contribution in [2.24, 2.45) is 0 Å². The molecule has 1 aromatic heterocycles. The topological polar surface area (TPSA) is 99.5 Å². The number of fused-ring (bicyclic) bond motifs is 2. The lowest BCUT2D eigenvalue weighted by Crippen LogP contribution is -2.25. The predicted molar refractivity (Wildman–Crippen MR) is 104 cm³/mol. The van der Waals surface area contributed by atoms with Gasteiger partial charge in [-0.25, -0.2) is 4.98 Å². The molecule has 28 heavy (non-hydrogen) atoms. The van der Waals surface area contributed by atoms with E-state index in [1.165, 1.54) is 11.1 Å². The Kier molecular flexibility index (Phi) is 5.14. The Balaban J connectivity index is 1.36. The molecule has 0 fully saturated rings. The highest BCUT2D eigenvalue weighted by Crippen LogP contribution is 2.32. The molecule has 1 amide bonds. The third-order valence-corrected chi connectivity index (χ3v) is 5.53. The molecule has 0 bridgehead atoms. The largest absolute Gasteiger partial charge is 0.454 e. The molecule has 9 heteroatoms. The minimum Gasteiger partial charge on any atom is -0.454 e. The molecule has 0 atom stereocenters. The SMILES string of the molecule is CN1CCc2nc(N/C=C(/C#N)C(=O)NCc3ccc4c(c3)OCO4)sc2C1. The van der Waals surface area contributed by atoms with Gasteiger partial charge in [0.2, 0.25) is 6.79 Å². The molecule has 2 aromatic rings. The molecule has 0 radical (unpaired) electrons. The first-order valence-electron chi connectivity index (χ1n) is 8.83. The minimum atomic E-state index is -0.450. The summed E-state index contributed by atoms with van der Waals surface area (Å²) in [5.74, 6) is 0.894. The van der Waals surface area contributed by atoms with Crippen molar-refractivity contribution in [3.8, 4) is 17.6 Å². The second-order valence-electron chi connectivity index (χ2n) is 6.56. The molecule has 0 saturated heterocycles. The molecule has 144 valence electrons. The molecule has 0 aliphatic carbocycles. The molecular formula is C19H19N5O3S. The van der Waals surface area contributed by atoms with Crippen LogP contribution in [-0.4, -0.2) is 36.2 Å². The van der Waals surface area contributed by atoms with Crippen molar-refractivity contribution in [1.29, 1.82) is 5.26 Å². The zero-order chi connectivity index (χ0) is 19.5. The van der Waals surface area contributed by atoms with Crippen LogP contribution >= 0.6 is 11.3 Å². The third-order valence-electron chi connectivity index (χ3n) is 4.52. The number of ether oxygens (including phenoxy) is 2. The van der Waals surface area contributed by atoms with Gasteiger partial charge in [-0.05, 0) is 24.7 Å². The predicted octanol–water partition coefficient (Wildman–Crippen LogP) is 2.00. The third kappa shape index (κ3) is 3.93. The summed E-state index contributed by atoms with van der Waals surface area (Å²) in [6.45, 7) is 2.35. The number of rotatable bonds is 5. The molecular weight excluding hydrogens is 378 g/mol. The van der Waals surface area contributed by atoms with Gasteiger partial charge in [0, 0.05) is 37.1 Å². The van der Waals surface area contributed by atoms with Crippen LogP contribution in [0, 0.1) is 11.3 Å². The normalized spacial score (nSPS) is 15.6. The summed E-state index contributed by atoms with van der Waals surface area (Å²) in [5, 5.41) is 15.7. The van der Waals surface area contributed by atoms with Gasteiger partial charge in [-0.15, -0.1) is 11.3 Å². The van der Waals surface area contributed by atoms with Crippen LogP contribution in [0.25, 0.3) is 0 Å². The number of benzene rings is 1. The van der Waals surface area contributed by atoms with Gasteiger partial charge >= 0.3 is 0 Å². The summed E-state index contributed by atoms with van der Waals surface area (Å²) in [4.78, 5) is 20.3. The molecule has 0 spiro atoms. The van der Waals surface area contributed by atoms with Crippen molar-refractivity contribution in [2.45, 2.75) is 19.5 Å². The molecule has 2 N–H and O–H groups in total. The Morgan fingerprint density at radius 3 is 3.14 bits per heavy atom. The smallest absolute Gasteiger partial charge is 0.263 e. The van der Waals surface area contributed by atoms with Crippen molar-refractivity contribution in [3.63, 3.8) is 0 Å². The molecule has 0 unspecified atom stereocenters. The van der Waals surface area contributed by atoms with Crippen LogP contribution < -0.4 is 20.1 Å². The number of anilines is 1. The summed E-state index contributed by atoms with van der Waals surface area (Å²) < 4.78 is 10.6. The highest BCUT2D eigenvalue weighted by Gasteiger charge is 2.18. The number of thiazole rings is 1. The van der Waals surface area contributed by atoms with Crippen molar-refractivity contribution in [2.75, 3.05) is 25.7 Å². The van der Waals surface area contributed by atoms with E-state index in [9.17, 15) is 10.1 Å². The van der Waals surface area contributed by atoms with E-state index >= 15 is 0 Å². The summed E-state index contributed by atoms with van der Waals surface area (Å²) in [5.41, 5.74) is 1.94. The fourth-order valence-electron chi connectivity index (χ4n) is 3.00. The maximum absolute atomic E-state index is 12.3. The minimum absolute atomic E-state index is 0.00830. The highest BCUT2D eigenvalue weighted by atomic mass is 32.1. The molecule has 0 saturated carbocycles. The number of hydrogen-bond acceptors (Lipinski definition) is 8. The highest BCUT2D eigenvalue weighted by molar-refractivity contribution is 7.15. The first-order chi connectivity index (χ1) is 13.6. The number of amides is 1. The second kappa shape index (κ2) is 7.88. The van der Waals surface area contributed by atoms with E-state index in [1.54, 1.807) is 17.4 Å². The number of carbonyl (C=O) groups excluding carboxylic acids is 1.